The smallest absolute Gasteiger partial charge is 0.261 e. The Morgan fingerprint density at radius 2 is 1.91 bits per heavy atom. The van der Waals surface area contributed by atoms with Gasteiger partial charge in [0.2, 0.25) is 10.0 Å². The molecule has 1 N–H and O–H groups in total. The van der Waals surface area contributed by atoms with Crippen molar-refractivity contribution >= 4 is 44.0 Å². The zero-order valence-electron chi connectivity index (χ0n) is 17.1. The highest BCUT2D eigenvalue weighted by Crippen LogP contribution is 2.29. The van der Waals surface area contributed by atoms with Crippen LogP contribution in [0.5, 0.6) is 5.75 Å². The molecule has 0 bridgehead atoms. The summed E-state index contributed by atoms with van der Waals surface area (Å²) < 4.78 is 37.8. The number of hydrogen-bond acceptors (Lipinski definition) is 7. The van der Waals surface area contributed by atoms with Gasteiger partial charge in [-0.05, 0) is 30.3 Å². The molecule has 0 atom stereocenters. The molecule has 1 saturated heterocycles. The van der Waals surface area contributed by atoms with Crippen LogP contribution < -0.4 is 10.1 Å². The lowest BCUT2D eigenvalue weighted by molar-refractivity contribution is 0.0730. The Bertz CT molecular complexity index is 1220. The minimum absolute atomic E-state index is 0.0198. The zero-order valence-corrected chi connectivity index (χ0v) is 19.5. The number of nitrogens with zero attached hydrogens (tertiary/aromatic N) is 2. The Morgan fingerprint density at radius 3 is 2.59 bits per heavy atom. The van der Waals surface area contributed by atoms with Crippen LogP contribution in [-0.2, 0) is 14.8 Å². The third-order valence-electron chi connectivity index (χ3n) is 4.89. The van der Waals surface area contributed by atoms with Crippen LogP contribution in [-0.4, -0.2) is 57.0 Å². The van der Waals surface area contributed by atoms with E-state index < -0.39 is 15.9 Å². The first kappa shape index (κ1) is 22.7. The molecule has 0 unspecified atom stereocenters. The molecule has 3 aromatic rings. The van der Waals surface area contributed by atoms with E-state index in [0.29, 0.717) is 29.1 Å². The summed E-state index contributed by atoms with van der Waals surface area (Å²) in [6.07, 6.45) is 0. The monoisotopic (exact) mass is 493 g/mol. The molecular weight excluding hydrogens is 474 g/mol. The van der Waals surface area contributed by atoms with Crippen molar-refractivity contribution in [3.63, 3.8) is 0 Å². The molecule has 1 amide bonds. The van der Waals surface area contributed by atoms with Gasteiger partial charge in [0.1, 0.15) is 5.75 Å². The van der Waals surface area contributed by atoms with Gasteiger partial charge in [-0.3, -0.25) is 10.1 Å². The largest absolute Gasteiger partial charge is 0.496 e. The maximum Gasteiger partial charge on any atom is 0.261 e. The van der Waals surface area contributed by atoms with Crippen molar-refractivity contribution in [2.24, 2.45) is 0 Å². The standard InChI is InChI=1S/C21H20ClN3O5S2/c1-29-19-7-6-16(32(27,28)25-8-10-30-11-9-25)12-17(19)20(26)24-21-23-18(13-31-21)14-2-4-15(22)5-3-14/h2-7,12-13H,8-11H2,1H3,(H,23,24,26). The van der Waals surface area contributed by atoms with Crippen molar-refractivity contribution < 1.29 is 22.7 Å². The van der Waals surface area contributed by atoms with E-state index in [2.05, 4.69) is 10.3 Å². The summed E-state index contributed by atoms with van der Waals surface area (Å²) in [5.74, 6) is -0.254. The van der Waals surface area contributed by atoms with Gasteiger partial charge in [-0.25, -0.2) is 13.4 Å². The average Bonchev–Trinajstić information content (AvgIpc) is 3.28. The fraction of sp³-hybridized carbons (Fsp3) is 0.238. The van der Waals surface area contributed by atoms with Crippen LogP contribution in [0.4, 0.5) is 5.13 Å². The third-order valence-corrected chi connectivity index (χ3v) is 7.79. The van der Waals surface area contributed by atoms with E-state index in [9.17, 15) is 13.2 Å². The molecule has 32 heavy (non-hydrogen) atoms. The van der Waals surface area contributed by atoms with Crippen molar-refractivity contribution in [2.45, 2.75) is 4.90 Å². The number of morpholine rings is 1. The highest BCUT2D eigenvalue weighted by Gasteiger charge is 2.28. The van der Waals surface area contributed by atoms with Crippen molar-refractivity contribution in [1.29, 1.82) is 0 Å². The van der Waals surface area contributed by atoms with Gasteiger partial charge in [0.05, 0.1) is 36.5 Å². The molecule has 11 heteroatoms. The van der Waals surface area contributed by atoms with Gasteiger partial charge in [0.25, 0.3) is 5.91 Å². The van der Waals surface area contributed by atoms with Crippen LogP contribution in [0, 0.1) is 0 Å². The number of anilines is 1. The quantitative estimate of drug-likeness (QED) is 0.561. The number of benzene rings is 2. The number of hydrogen-bond donors (Lipinski definition) is 1. The molecule has 4 rings (SSSR count). The highest BCUT2D eigenvalue weighted by atomic mass is 35.5. The van der Waals surface area contributed by atoms with E-state index in [1.165, 1.54) is 41.0 Å². The van der Waals surface area contributed by atoms with Crippen LogP contribution in [0.25, 0.3) is 11.3 Å². The molecule has 1 fully saturated rings. The van der Waals surface area contributed by atoms with Crippen LogP contribution in [0.3, 0.4) is 0 Å². The SMILES string of the molecule is COc1ccc(S(=O)(=O)N2CCOCC2)cc1C(=O)Nc1nc(-c2ccc(Cl)cc2)cs1. The first-order valence-corrected chi connectivity index (χ1v) is 12.4. The van der Waals surface area contributed by atoms with Crippen molar-refractivity contribution in [1.82, 2.24) is 9.29 Å². The molecule has 0 spiro atoms. The van der Waals surface area contributed by atoms with Gasteiger partial charge >= 0.3 is 0 Å². The molecule has 8 nitrogen and oxygen atoms in total. The second-order valence-corrected chi connectivity index (χ2v) is 10.1. The summed E-state index contributed by atoms with van der Waals surface area (Å²) in [6, 6.07) is 11.4. The van der Waals surface area contributed by atoms with E-state index in [0.717, 1.165) is 5.56 Å². The third kappa shape index (κ3) is 4.79. The number of ether oxygens (including phenoxy) is 2. The summed E-state index contributed by atoms with van der Waals surface area (Å²) >= 11 is 7.19. The maximum absolute atomic E-state index is 13.0. The number of carbonyl (C=O) groups is 1. The number of thiazole rings is 1. The van der Waals surface area contributed by atoms with Crippen LogP contribution in [0.2, 0.25) is 5.02 Å². The fourth-order valence-corrected chi connectivity index (χ4v) is 5.49. The second-order valence-electron chi connectivity index (χ2n) is 6.88. The lowest BCUT2D eigenvalue weighted by Crippen LogP contribution is -2.40. The van der Waals surface area contributed by atoms with Crippen LogP contribution >= 0.6 is 22.9 Å². The minimum Gasteiger partial charge on any atom is -0.496 e. The van der Waals surface area contributed by atoms with Crippen molar-refractivity contribution in [2.75, 3.05) is 38.7 Å². The second kappa shape index (κ2) is 9.55. The average molecular weight is 494 g/mol. The van der Waals surface area contributed by atoms with Crippen molar-refractivity contribution in [3.05, 3.63) is 58.4 Å². The lowest BCUT2D eigenvalue weighted by Gasteiger charge is -2.26. The maximum atomic E-state index is 13.0. The summed E-state index contributed by atoms with van der Waals surface area (Å²) in [6.45, 7) is 1.20. The normalized spacial score (nSPS) is 14.8. The van der Waals surface area contributed by atoms with E-state index >= 15 is 0 Å². The Balaban J connectivity index is 1.58. The molecule has 0 aliphatic carbocycles. The predicted molar refractivity (Wildman–Crippen MR) is 123 cm³/mol. The molecule has 2 heterocycles. The highest BCUT2D eigenvalue weighted by molar-refractivity contribution is 7.89. The Hall–Kier alpha value is -2.50. The van der Waals surface area contributed by atoms with E-state index in [1.807, 2.05) is 17.5 Å². The van der Waals surface area contributed by atoms with Crippen molar-refractivity contribution in [3.8, 4) is 17.0 Å². The van der Waals surface area contributed by atoms with Crippen LogP contribution in [0.1, 0.15) is 10.4 Å². The Labute approximate surface area is 194 Å². The van der Waals surface area contributed by atoms with Gasteiger partial charge in [-0.15, -0.1) is 11.3 Å². The summed E-state index contributed by atoms with van der Waals surface area (Å²) in [4.78, 5) is 17.4. The molecule has 1 aliphatic heterocycles. The number of nitrogens with one attached hydrogen (secondary N) is 1. The van der Waals surface area contributed by atoms with Gasteiger partial charge in [0.15, 0.2) is 5.13 Å². The molecule has 0 saturated carbocycles. The van der Waals surface area contributed by atoms with Gasteiger partial charge in [-0.1, -0.05) is 23.7 Å². The van der Waals surface area contributed by atoms with E-state index in [1.54, 1.807) is 12.1 Å². The van der Waals surface area contributed by atoms with Crippen LogP contribution in [0.15, 0.2) is 52.7 Å². The van der Waals surface area contributed by atoms with Gasteiger partial charge < -0.3 is 9.47 Å². The zero-order chi connectivity index (χ0) is 22.7. The Morgan fingerprint density at radius 1 is 1.19 bits per heavy atom. The fourth-order valence-electron chi connectivity index (χ4n) is 3.21. The first-order chi connectivity index (χ1) is 15.4. The predicted octanol–water partition coefficient (Wildman–Crippen LogP) is 3.75. The molecule has 168 valence electrons. The lowest BCUT2D eigenvalue weighted by atomic mass is 10.2. The summed E-state index contributed by atoms with van der Waals surface area (Å²) in [7, 11) is -2.34. The summed E-state index contributed by atoms with van der Waals surface area (Å²) in [5.41, 5.74) is 1.66. The molecule has 1 aliphatic rings. The Kier molecular flexibility index (Phi) is 6.77. The number of amides is 1. The number of rotatable bonds is 6. The minimum atomic E-state index is -3.76. The molecular formula is C21H20ClN3O5S2. The number of sulfonamides is 1. The number of carbonyl (C=O) groups excluding carboxylic acids is 1. The van der Waals surface area contributed by atoms with E-state index in [4.69, 9.17) is 21.1 Å². The number of aromatic nitrogens is 1. The molecule has 2 aromatic carbocycles. The number of methoxy groups -OCH3 is 1. The molecule has 0 radical (unpaired) electrons. The van der Waals surface area contributed by atoms with E-state index in [-0.39, 0.29) is 29.3 Å². The van der Waals surface area contributed by atoms with Gasteiger partial charge in [-0.2, -0.15) is 4.31 Å². The first-order valence-electron chi connectivity index (χ1n) is 9.67. The molecule has 1 aromatic heterocycles. The summed E-state index contributed by atoms with van der Waals surface area (Å²) in [5, 5.41) is 5.54. The van der Waals surface area contributed by atoms with Gasteiger partial charge in [0, 0.05) is 29.1 Å². The topological polar surface area (TPSA) is 97.8 Å². The number of halogens is 1.